The molecule has 2 aromatic heterocycles. The fourth-order valence-corrected chi connectivity index (χ4v) is 2.54. The third-order valence-electron chi connectivity index (χ3n) is 4.22. The second-order valence-corrected chi connectivity index (χ2v) is 6.49. The molecule has 4 rings (SSSR count). The van der Waals surface area contributed by atoms with Crippen molar-refractivity contribution in [3.8, 4) is 11.8 Å². The van der Waals surface area contributed by atoms with Crippen LogP contribution >= 0.6 is 0 Å². The van der Waals surface area contributed by atoms with Crippen LogP contribution in [-0.2, 0) is 18.0 Å². The minimum Gasteiger partial charge on any atom is -0.389 e. The highest BCUT2D eigenvalue weighted by atomic mass is 16.6. The Morgan fingerprint density at radius 1 is 1.15 bits per heavy atom. The smallest absolute Gasteiger partial charge is 0.159 e. The van der Waals surface area contributed by atoms with Crippen LogP contribution < -0.4 is 0 Å². The van der Waals surface area contributed by atoms with Crippen LogP contribution in [0.3, 0.4) is 0 Å². The molecule has 0 amide bonds. The molecule has 0 atom stereocenters. The van der Waals surface area contributed by atoms with Crippen molar-refractivity contribution >= 4 is 5.71 Å². The van der Waals surface area contributed by atoms with Crippen LogP contribution in [0.1, 0.15) is 29.7 Å². The SMILES string of the molecule is C(#CC1CC1)c1ccc(C(Cn2ccnc2)=NOCc2ccccn2)cc1. The van der Waals surface area contributed by atoms with Crippen molar-refractivity contribution in [3.05, 3.63) is 84.2 Å². The molecule has 0 saturated heterocycles. The van der Waals surface area contributed by atoms with E-state index in [2.05, 4.69) is 27.0 Å². The Hall–Kier alpha value is -3.39. The average molecular weight is 356 g/mol. The average Bonchev–Trinajstić information content (AvgIpc) is 3.41. The summed E-state index contributed by atoms with van der Waals surface area (Å²) in [5.74, 6) is 7.12. The highest BCUT2D eigenvalue weighted by Crippen LogP contribution is 2.27. The lowest BCUT2D eigenvalue weighted by atomic mass is 10.1. The number of oxime groups is 1. The van der Waals surface area contributed by atoms with Gasteiger partial charge in [-0.05, 0) is 37.1 Å². The standard InChI is InChI=1S/C22H20N4O/c1-2-12-24-21(3-1)16-27-25-22(15-26-14-13-23-17-26)20-10-8-19(9-11-20)7-6-18-4-5-18/h1-3,8-14,17-18H,4-5,15-16H2. The van der Waals surface area contributed by atoms with Gasteiger partial charge in [-0.15, -0.1) is 0 Å². The van der Waals surface area contributed by atoms with Crippen LogP contribution in [0.4, 0.5) is 0 Å². The molecule has 1 fully saturated rings. The number of rotatable bonds is 6. The number of pyridine rings is 1. The zero-order valence-corrected chi connectivity index (χ0v) is 15.0. The number of hydrogen-bond donors (Lipinski definition) is 0. The Kier molecular flexibility index (Phi) is 5.26. The van der Waals surface area contributed by atoms with Crippen molar-refractivity contribution in [2.45, 2.75) is 26.0 Å². The van der Waals surface area contributed by atoms with Gasteiger partial charge in [-0.3, -0.25) is 4.98 Å². The monoisotopic (exact) mass is 356 g/mol. The van der Waals surface area contributed by atoms with Crippen LogP contribution in [0.5, 0.6) is 0 Å². The van der Waals surface area contributed by atoms with Crippen LogP contribution in [0.2, 0.25) is 0 Å². The predicted octanol–water partition coefficient (Wildman–Crippen LogP) is 3.66. The van der Waals surface area contributed by atoms with Gasteiger partial charge in [0.15, 0.2) is 6.61 Å². The first kappa shape index (κ1) is 17.0. The Morgan fingerprint density at radius 3 is 2.74 bits per heavy atom. The molecular weight excluding hydrogens is 336 g/mol. The Morgan fingerprint density at radius 2 is 2.04 bits per heavy atom. The topological polar surface area (TPSA) is 52.3 Å². The Labute approximate surface area is 158 Å². The van der Waals surface area contributed by atoms with E-state index in [4.69, 9.17) is 4.84 Å². The molecule has 0 spiro atoms. The van der Waals surface area contributed by atoms with E-state index in [1.807, 2.05) is 53.2 Å². The van der Waals surface area contributed by atoms with E-state index in [1.165, 1.54) is 12.8 Å². The summed E-state index contributed by atoms with van der Waals surface area (Å²) in [7, 11) is 0. The quantitative estimate of drug-likeness (QED) is 0.385. The van der Waals surface area contributed by atoms with Gasteiger partial charge in [0.2, 0.25) is 0 Å². The molecule has 2 heterocycles. The number of aromatic nitrogens is 3. The predicted molar refractivity (Wildman–Crippen MR) is 104 cm³/mol. The maximum Gasteiger partial charge on any atom is 0.159 e. The third-order valence-corrected chi connectivity index (χ3v) is 4.22. The summed E-state index contributed by atoms with van der Waals surface area (Å²) in [5.41, 5.74) is 3.70. The number of benzene rings is 1. The maximum atomic E-state index is 5.57. The van der Waals surface area contributed by atoms with Gasteiger partial charge >= 0.3 is 0 Å². The van der Waals surface area contributed by atoms with Gasteiger partial charge in [0.05, 0.1) is 18.6 Å². The van der Waals surface area contributed by atoms with E-state index in [0.29, 0.717) is 19.1 Å². The first-order valence-electron chi connectivity index (χ1n) is 9.03. The Bertz CT molecular complexity index is 947. The van der Waals surface area contributed by atoms with Crippen LogP contribution in [0.15, 0.2) is 72.5 Å². The van der Waals surface area contributed by atoms with Gasteiger partial charge < -0.3 is 9.40 Å². The molecule has 5 nitrogen and oxygen atoms in total. The first-order chi connectivity index (χ1) is 13.4. The zero-order chi connectivity index (χ0) is 18.3. The van der Waals surface area contributed by atoms with Crippen LogP contribution in [0.25, 0.3) is 0 Å². The molecule has 0 unspecified atom stereocenters. The summed E-state index contributed by atoms with van der Waals surface area (Å²) < 4.78 is 1.96. The highest BCUT2D eigenvalue weighted by Gasteiger charge is 2.17. The van der Waals surface area contributed by atoms with Gasteiger partial charge in [-0.1, -0.05) is 35.2 Å². The van der Waals surface area contributed by atoms with Gasteiger partial charge in [0.25, 0.3) is 0 Å². The molecule has 1 aliphatic carbocycles. The van der Waals surface area contributed by atoms with Crippen molar-refractivity contribution < 1.29 is 4.84 Å². The van der Waals surface area contributed by atoms with Gasteiger partial charge in [0.1, 0.15) is 5.71 Å². The Balaban J connectivity index is 1.50. The van der Waals surface area contributed by atoms with E-state index in [-0.39, 0.29) is 0 Å². The largest absolute Gasteiger partial charge is 0.389 e. The summed E-state index contributed by atoms with van der Waals surface area (Å²) in [5, 5.41) is 4.37. The fourth-order valence-electron chi connectivity index (χ4n) is 2.54. The first-order valence-corrected chi connectivity index (χ1v) is 9.03. The van der Waals surface area contributed by atoms with E-state index in [9.17, 15) is 0 Å². The minimum atomic E-state index is 0.333. The van der Waals surface area contributed by atoms with Gasteiger partial charge in [-0.2, -0.15) is 0 Å². The molecule has 3 aromatic rings. The lowest BCUT2D eigenvalue weighted by molar-refractivity contribution is 0.127. The van der Waals surface area contributed by atoms with Crippen molar-refractivity contribution in [2.75, 3.05) is 0 Å². The van der Waals surface area contributed by atoms with Crippen molar-refractivity contribution in [1.82, 2.24) is 14.5 Å². The van der Waals surface area contributed by atoms with E-state index in [0.717, 1.165) is 22.5 Å². The molecule has 27 heavy (non-hydrogen) atoms. The summed E-state index contributed by atoms with van der Waals surface area (Å²) in [6.45, 7) is 0.911. The van der Waals surface area contributed by atoms with E-state index in [1.54, 1.807) is 18.7 Å². The van der Waals surface area contributed by atoms with Crippen LogP contribution in [-0.4, -0.2) is 20.2 Å². The number of nitrogens with zero attached hydrogens (tertiary/aromatic N) is 4. The molecule has 0 radical (unpaired) electrons. The second kappa shape index (κ2) is 8.33. The molecule has 134 valence electrons. The normalized spacial score (nSPS) is 13.7. The zero-order valence-electron chi connectivity index (χ0n) is 15.0. The molecule has 0 N–H and O–H groups in total. The maximum absolute atomic E-state index is 5.57. The molecule has 0 bridgehead atoms. The van der Waals surface area contributed by atoms with E-state index >= 15 is 0 Å². The molecular formula is C22H20N4O. The fraction of sp³-hybridized carbons (Fsp3) is 0.227. The van der Waals surface area contributed by atoms with Crippen molar-refractivity contribution in [1.29, 1.82) is 0 Å². The lowest BCUT2D eigenvalue weighted by Gasteiger charge is -2.08. The molecule has 5 heteroatoms. The molecule has 1 aliphatic rings. The van der Waals surface area contributed by atoms with Crippen molar-refractivity contribution in [2.24, 2.45) is 11.1 Å². The number of imidazole rings is 1. The van der Waals surface area contributed by atoms with Gasteiger partial charge in [-0.25, -0.2) is 4.98 Å². The summed E-state index contributed by atoms with van der Waals surface area (Å²) in [6, 6.07) is 13.9. The summed E-state index contributed by atoms with van der Waals surface area (Å²) in [6.07, 6.45) is 9.65. The minimum absolute atomic E-state index is 0.333. The molecule has 0 aliphatic heterocycles. The number of hydrogen-bond acceptors (Lipinski definition) is 4. The second-order valence-electron chi connectivity index (χ2n) is 6.49. The van der Waals surface area contributed by atoms with E-state index < -0.39 is 0 Å². The highest BCUT2D eigenvalue weighted by molar-refractivity contribution is 6.00. The summed E-state index contributed by atoms with van der Waals surface area (Å²) in [4.78, 5) is 13.9. The van der Waals surface area contributed by atoms with Gasteiger partial charge in [0, 0.05) is 35.6 Å². The van der Waals surface area contributed by atoms with Crippen molar-refractivity contribution in [3.63, 3.8) is 0 Å². The van der Waals surface area contributed by atoms with Crippen LogP contribution in [0, 0.1) is 17.8 Å². The summed E-state index contributed by atoms with van der Waals surface area (Å²) >= 11 is 0. The third kappa shape index (κ3) is 5.05. The lowest BCUT2D eigenvalue weighted by Crippen LogP contribution is -2.11. The molecule has 1 aromatic carbocycles. The molecule has 1 saturated carbocycles.